The molecule has 0 atom stereocenters. The van der Waals surface area contributed by atoms with Crippen LogP contribution in [0.1, 0.15) is 33.7 Å². The van der Waals surface area contributed by atoms with Crippen molar-refractivity contribution in [3.8, 4) is 0 Å². The Bertz CT molecular complexity index is 1050. The minimum absolute atomic E-state index is 0.0298. The summed E-state index contributed by atoms with van der Waals surface area (Å²) in [6, 6.07) is 10.3. The molecular weight excluding hydrogens is 382 g/mol. The monoisotopic (exact) mass is 407 g/mol. The second-order valence-corrected chi connectivity index (χ2v) is 7.65. The average molecular weight is 407 g/mol. The third-order valence-corrected chi connectivity index (χ3v) is 5.84. The van der Waals surface area contributed by atoms with Crippen molar-refractivity contribution in [2.45, 2.75) is 26.2 Å². The SMILES string of the molecule is Cc1cc(N2CCN(C(=O)c3ccco3)CC2)nc2cc3c(cc12)CCC3.O=CO. The van der Waals surface area contributed by atoms with Crippen LogP contribution < -0.4 is 4.90 Å². The molecule has 7 heteroatoms. The molecule has 1 aliphatic heterocycles. The van der Waals surface area contributed by atoms with Gasteiger partial charge in [0, 0.05) is 31.6 Å². The highest BCUT2D eigenvalue weighted by atomic mass is 16.3. The van der Waals surface area contributed by atoms with Crippen molar-refractivity contribution in [1.29, 1.82) is 0 Å². The summed E-state index contributed by atoms with van der Waals surface area (Å²) in [6.45, 7) is 4.86. The summed E-state index contributed by atoms with van der Waals surface area (Å²) in [5.74, 6) is 1.40. The molecule has 2 aliphatic rings. The van der Waals surface area contributed by atoms with Crippen LogP contribution in [-0.2, 0) is 17.6 Å². The smallest absolute Gasteiger partial charge is 0.290 e. The van der Waals surface area contributed by atoms with Crippen LogP contribution in [0, 0.1) is 6.92 Å². The first kappa shape index (κ1) is 19.9. The zero-order valence-electron chi connectivity index (χ0n) is 17.0. The number of hydrogen-bond acceptors (Lipinski definition) is 5. The van der Waals surface area contributed by atoms with E-state index in [4.69, 9.17) is 19.3 Å². The number of aryl methyl sites for hydroxylation is 3. The lowest BCUT2D eigenvalue weighted by atomic mass is 10.0. The van der Waals surface area contributed by atoms with Gasteiger partial charge in [0.1, 0.15) is 5.82 Å². The summed E-state index contributed by atoms with van der Waals surface area (Å²) in [5.41, 5.74) is 5.32. The first-order chi connectivity index (χ1) is 14.6. The number of rotatable bonds is 2. The van der Waals surface area contributed by atoms with E-state index in [1.807, 2.05) is 4.90 Å². The summed E-state index contributed by atoms with van der Waals surface area (Å²) in [5, 5.41) is 8.16. The summed E-state index contributed by atoms with van der Waals surface area (Å²) >= 11 is 0. The molecule has 7 nitrogen and oxygen atoms in total. The van der Waals surface area contributed by atoms with E-state index in [0.29, 0.717) is 18.8 Å². The quantitative estimate of drug-likeness (QED) is 0.656. The molecule has 1 aliphatic carbocycles. The highest BCUT2D eigenvalue weighted by Crippen LogP contribution is 2.30. The van der Waals surface area contributed by atoms with E-state index >= 15 is 0 Å². The van der Waals surface area contributed by atoms with E-state index < -0.39 is 0 Å². The fraction of sp³-hybridized carbons (Fsp3) is 0.348. The summed E-state index contributed by atoms with van der Waals surface area (Å²) in [4.78, 5) is 29.9. The van der Waals surface area contributed by atoms with Gasteiger partial charge in [-0.2, -0.15) is 0 Å². The Morgan fingerprint density at radius 3 is 2.50 bits per heavy atom. The average Bonchev–Trinajstić information content (AvgIpc) is 3.44. The first-order valence-electron chi connectivity index (χ1n) is 10.2. The molecule has 2 aromatic heterocycles. The Balaban J connectivity index is 0.000000687. The lowest BCUT2D eigenvalue weighted by Gasteiger charge is -2.35. The third kappa shape index (κ3) is 3.87. The summed E-state index contributed by atoms with van der Waals surface area (Å²) in [6.07, 6.45) is 5.16. The Labute approximate surface area is 174 Å². The van der Waals surface area contributed by atoms with Crippen LogP contribution in [0.2, 0.25) is 0 Å². The highest BCUT2D eigenvalue weighted by Gasteiger charge is 2.25. The number of piperazine rings is 1. The van der Waals surface area contributed by atoms with Gasteiger partial charge in [-0.3, -0.25) is 9.59 Å². The Morgan fingerprint density at radius 2 is 1.83 bits per heavy atom. The predicted molar refractivity (Wildman–Crippen MR) is 114 cm³/mol. The number of amides is 1. The number of fused-ring (bicyclic) bond motifs is 2. The second-order valence-electron chi connectivity index (χ2n) is 7.65. The molecule has 156 valence electrons. The van der Waals surface area contributed by atoms with E-state index in [9.17, 15) is 4.79 Å². The number of carbonyl (C=O) groups is 2. The van der Waals surface area contributed by atoms with Gasteiger partial charge < -0.3 is 19.3 Å². The van der Waals surface area contributed by atoms with Gasteiger partial charge in [-0.25, -0.2) is 4.98 Å². The minimum Gasteiger partial charge on any atom is -0.483 e. The van der Waals surface area contributed by atoms with Crippen LogP contribution in [0.5, 0.6) is 0 Å². The Morgan fingerprint density at radius 1 is 1.13 bits per heavy atom. The molecule has 5 rings (SSSR count). The summed E-state index contributed by atoms with van der Waals surface area (Å²) in [7, 11) is 0. The lowest BCUT2D eigenvalue weighted by Crippen LogP contribution is -2.49. The molecule has 3 aromatic rings. The third-order valence-electron chi connectivity index (χ3n) is 5.84. The van der Waals surface area contributed by atoms with Crippen LogP contribution in [0.4, 0.5) is 5.82 Å². The van der Waals surface area contributed by atoms with Crippen molar-refractivity contribution in [3.05, 3.63) is 59.0 Å². The Kier molecular flexibility index (Phi) is 5.70. The van der Waals surface area contributed by atoms with E-state index in [0.717, 1.165) is 24.4 Å². The minimum atomic E-state index is -0.250. The van der Waals surface area contributed by atoms with Crippen LogP contribution in [0.3, 0.4) is 0 Å². The van der Waals surface area contributed by atoms with Crippen LogP contribution in [-0.4, -0.2) is 53.5 Å². The van der Waals surface area contributed by atoms with Crippen molar-refractivity contribution in [3.63, 3.8) is 0 Å². The van der Waals surface area contributed by atoms with Crippen LogP contribution in [0.15, 0.2) is 41.0 Å². The molecule has 0 saturated carbocycles. The molecular formula is C23H25N3O4. The molecule has 0 unspecified atom stereocenters. The van der Waals surface area contributed by atoms with Crippen molar-refractivity contribution in [2.75, 3.05) is 31.1 Å². The topological polar surface area (TPSA) is 86.9 Å². The van der Waals surface area contributed by atoms with Crippen molar-refractivity contribution < 1.29 is 19.1 Å². The van der Waals surface area contributed by atoms with Crippen molar-refractivity contribution in [1.82, 2.24) is 9.88 Å². The van der Waals surface area contributed by atoms with Crippen molar-refractivity contribution >= 4 is 29.1 Å². The predicted octanol–water partition coefficient (Wildman–Crippen LogP) is 3.29. The Hall–Kier alpha value is -3.35. The number of anilines is 1. The fourth-order valence-electron chi connectivity index (χ4n) is 4.30. The second kappa shape index (κ2) is 8.57. The molecule has 0 radical (unpaired) electrons. The normalized spacial score (nSPS) is 15.5. The number of carbonyl (C=O) groups excluding carboxylic acids is 1. The van der Waals surface area contributed by atoms with E-state index in [-0.39, 0.29) is 12.4 Å². The molecule has 0 spiro atoms. The first-order valence-corrected chi connectivity index (χ1v) is 10.2. The molecule has 1 fully saturated rings. The standard InChI is InChI=1S/C22H23N3O2.CH2O2/c1-15-12-21(23-19-14-17-5-2-4-16(17)13-18(15)19)24-7-9-25(10-8-24)22(26)20-6-3-11-27-20;2-1-3/h3,6,11-14H,2,4-5,7-10H2,1H3;1H,(H,2,3). The summed E-state index contributed by atoms with van der Waals surface area (Å²) < 4.78 is 5.24. The fourth-order valence-corrected chi connectivity index (χ4v) is 4.30. The van der Waals surface area contributed by atoms with Gasteiger partial charge in [0.2, 0.25) is 0 Å². The molecule has 3 heterocycles. The number of aromatic nitrogens is 1. The number of nitrogens with zero attached hydrogens (tertiary/aromatic N) is 3. The maximum atomic E-state index is 12.4. The molecule has 1 aromatic carbocycles. The van der Waals surface area contributed by atoms with Crippen molar-refractivity contribution in [2.24, 2.45) is 0 Å². The highest BCUT2D eigenvalue weighted by molar-refractivity contribution is 5.91. The maximum Gasteiger partial charge on any atom is 0.290 e. The number of carboxylic acid groups (broad SMARTS) is 1. The largest absolute Gasteiger partial charge is 0.483 e. The number of benzene rings is 1. The van der Waals surface area contributed by atoms with Crippen LogP contribution in [0.25, 0.3) is 10.9 Å². The molecule has 30 heavy (non-hydrogen) atoms. The molecule has 1 N–H and O–H groups in total. The molecule has 1 saturated heterocycles. The lowest BCUT2D eigenvalue weighted by molar-refractivity contribution is -0.122. The molecule has 1 amide bonds. The number of furan rings is 1. The zero-order valence-corrected chi connectivity index (χ0v) is 17.0. The van der Waals surface area contributed by atoms with E-state index in [1.165, 1.54) is 41.3 Å². The van der Waals surface area contributed by atoms with Crippen LogP contribution >= 0.6 is 0 Å². The zero-order chi connectivity index (χ0) is 21.1. The van der Waals surface area contributed by atoms with E-state index in [1.54, 1.807) is 18.4 Å². The maximum absolute atomic E-state index is 12.4. The van der Waals surface area contributed by atoms with E-state index in [2.05, 4.69) is 30.0 Å². The number of pyridine rings is 1. The van der Waals surface area contributed by atoms with Gasteiger partial charge in [-0.1, -0.05) is 0 Å². The van der Waals surface area contributed by atoms with Gasteiger partial charge in [0.25, 0.3) is 12.4 Å². The van der Waals surface area contributed by atoms with Gasteiger partial charge in [0.15, 0.2) is 5.76 Å². The van der Waals surface area contributed by atoms with Gasteiger partial charge >= 0.3 is 0 Å². The number of hydrogen-bond donors (Lipinski definition) is 1. The van der Waals surface area contributed by atoms with Gasteiger partial charge in [-0.05, 0) is 73.2 Å². The molecule has 0 bridgehead atoms. The van der Waals surface area contributed by atoms with Gasteiger partial charge in [-0.15, -0.1) is 0 Å². The van der Waals surface area contributed by atoms with Gasteiger partial charge in [0.05, 0.1) is 11.8 Å².